The Balaban J connectivity index is 1.49. The zero-order chi connectivity index (χ0) is 21.8. The number of rotatable bonds is 7. The molecule has 1 aliphatic heterocycles. The maximum absolute atomic E-state index is 12.4. The predicted molar refractivity (Wildman–Crippen MR) is 126 cm³/mol. The van der Waals surface area contributed by atoms with Crippen LogP contribution in [0.2, 0.25) is 0 Å². The molecule has 162 valence electrons. The van der Waals surface area contributed by atoms with Crippen molar-refractivity contribution < 1.29 is 9.53 Å². The van der Waals surface area contributed by atoms with Crippen LogP contribution in [-0.2, 0) is 11.3 Å². The van der Waals surface area contributed by atoms with Crippen molar-refractivity contribution >= 4 is 28.1 Å². The average Bonchev–Trinajstić information content (AvgIpc) is 3.40. The van der Waals surface area contributed by atoms with E-state index in [-0.39, 0.29) is 5.91 Å². The number of carbonyl (C=O) groups excluding carboxylic acids is 1. The number of benzene rings is 2. The van der Waals surface area contributed by atoms with Crippen LogP contribution in [0.5, 0.6) is 5.75 Å². The summed E-state index contributed by atoms with van der Waals surface area (Å²) in [5.41, 5.74) is 4.35. The van der Waals surface area contributed by atoms with Crippen LogP contribution in [0.15, 0.2) is 53.9 Å². The van der Waals surface area contributed by atoms with Crippen molar-refractivity contribution in [2.75, 3.05) is 18.1 Å². The highest BCUT2D eigenvalue weighted by Gasteiger charge is 2.27. The van der Waals surface area contributed by atoms with Crippen LogP contribution >= 0.6 is 11.3 Å². The summed E-state index contributed by atoms with van der Waals surface area (Å²) in [4.78, 5) is 21.4. The largest absolute Gasteiger partial charge is 0.494 e. The Morgan fingerprint density at radius 2 is 1.94 bits per heavy atom. The van der Waals surface area contributed by atoms with E-state index in [1.807, 2.05) is 38.1 Å². The van der Waals surface area contributed by atoms with E-state index in [2.05, 4.69) is 34.5 Å². The van der Waals surface area contributed by atoms with Crippen LogP contribution in [0.1, 0.15) is 49.6 Å². The number of likely N-dealkylation sites (tertiary alicyclic amines) is 1. The van der Waals surface area contributed by atoms with Crippen LogP contribution in [0.25, 0.3) is 0 Å². The van der Waals surface area contributed by atoms with Gasteiger partial charge in [-0.1, -0.05) is 29.8 Å². The molecule has 0 spiro atoms. The number of hydrogen-bond acceptors (Lipinski definition) is 5. The highest BCUT2D eigenvalue weighted by Crippen LogP contribution is 2.35. The molecule has 1 aromatic heterocycles. The summed E-state index contributed by atoms with van der Waals surface area (Å²) in [6, 6.07) is 16.8. The third kappa shape index (κ3) is 4.97. The highest BCUT2D eigenvalue weighted by atomic mass is 32.1. The number of ether oxygens (including phenoxy) is 1. The number of thiazole rings is 1. The molecule has 0 bridgehead atoms. The average molecular weight is 436 g/mol. The Morgan fingerprint density at radius 1 is 1.19 bits per heavy atom. The van der Waals surface area contributed by atoms with Gasteiger partial charge in [0.15, 0.2) is 5.13 Å². The van der Waals surface area contributed by atoms with Crippen LogP contribution in [-0.4, -0.2) is 28.9 Å². The van der Waals surface area contributed by atoms with E-state index >= 15 is 0 Å². The summed E-state index contributed by atoms with van der Waals surface area (Å²) in [5.74, 6) is 0.888. The van der Waals surface area contributed by atoms with Gasteiger partial charge in [-0.3, -0.25) is 14.6 Å². The van der Waals surface area contributed by atoms with Gasteiger partial charge in [-0.05, 0) is 63.1 Å². The lowest BCUT2D eigenvalue weighted by Crippen LogP contribution is -2.24. The molecule has 6 heteroatoms. The monoisotopic (exact) mass is 435 g/mol. The van der Waals surface area contributed by atoms with Gasteiger partial charge in [0.1, 0.15) is 5.75 Å². The number of anilines is 2. The second-order valence-electron chi connectivity index (χ2n) is 7.94. The molecular weight excluding hydrogens is 406 g/mol. The van der Waals surface area contributed by atoms with E-state index in [1.54, 1.807) is 11.8 Å². The minimum atomic E-state index is -0.0295. The molecule has 2 aromatic carbocycles. The number of hydrogen-bond donors (Lipinski definition) is 0. The Labute approximate surface area is 188 Å². The summed E-state index contributed by atoms with van der Waals surface area (Å²) in [5, 5.41) is 2.80. The Morgan fingerprint density at radius 3 is 2.61 bits per heavy atom. The highest BCUT2D eigenvalue weighted by molar-refractivity contribution is 7.14. The molecular formula is C25H29N3O2S. The molecule has 1 saturated heterocycles. The van der Waals surface area contributed by atoms with Crippen molar-refractivity contribution in [2.45, 2.75) is 46.2 Å². The molecule has 2 heterocycles. The third-order valence-electron chi connectivity index (χ3n) is 5.64. The Kier molecular flexibility index (Phi) is 6.68. The van der Waals surface area contributed by atoms with Gasteiger partial charge in [-0.2, -0.15) is 0 Å². The van der Waals surface area contributed by atoms with Gasteiger partial charge in [-0.25, -0.2) is 4.98 Å². The topological polar surface area (TPSA) is 45.7 Å². The van der Waals surface area contributed by atoms with E-state index in [1.165, 1.54) is 28.9 Å². The van der Waals surface area contributed by atoms with Crippen molar-refractivity contribution in [1.29, 1.82) is 0 Å². The molecule has 0 aliphatic carbocycles. The Bertz CT molecular complexity index is 1010. The lowest BCUT2D eigenvalue weighted by atomic mass is 10.0. The molecule has 3 aromatic rings. The smallest absolute Gasteiger partial charge is 0.230 e. The van der Waals surface area contributed by atoms with E-state index < -0.39 is 0 Å². The van der Waals surface area contributed by atoms with Gasteiger partial charge >= 0.3 is 0 Å². The lowest BCUT2D eigenvalue weighted by Gasteiger charge is -2.24. The van der Waals surface area contributed by atoms with Crippen LogP contribution in [0.3, 0.4) is 0 Å². The first-order chi connectivity index (χ1) is 15.0. The van der Waals surface area contributed by atoms with Gasteiger partial charge in [0.2, 0.25) is 5.91 Å². The van der Waals surface area contributed by atoms with E-state index in [9.17, 15) is 4.79 Å². The predicted octanol–water partition coefficient (Wildman–Crippen LogP) is 5.87. The molecule has 1 fully saturated rings. The zero-order valence-electron chi connectivity index (χ0n) is 18.4. The van der Waals surface area contributed by atoms with Crippen LogP contribution < -0.4 is 9.64 Å². The molecule has 1 aliphatic rings. The fourth-order valence-electron chi connectivity index (χ4n) is 4.15. The SMILES string of the molecule is CCOc1ccc(C2CCCN2Cc2csc(N(C(C)=O)c3ccc(C)cc3)n2)cc1. The van der Waals surface area contributed by atoms with Crippen molar-refractivity contribution in [2.24, 2.45) is 0 Å². The van der Waals surface area contributed by atoms with Crippen molar-refractivity contribution in [1.82, 2.24) is 9.88 Å². The quantitative estimate of drug-likeness (QED) is 0.465. The summed E-state index contributed by atoms with van der Waals surface area (Å²) < 4.78 is 5.58. The standard InChI is InChI=1S/C25H29N3O2S/c1-4-30-23-13-9-20(10-14-23)24-6-5-15-27(24)16-21-17-31-25(26-21)28(19(3)29)22-11-7-18(2)8-12-22/h7-14,17,24H,4-6,15-16H2,1-3H3. The van der Waals surface area contributed by atoms with Crippen molar-refractivity contribution in [3.8, 4) is 5.75 Å². The fourth-order valence-corrected chi connectivity index (χ4v) is 5.02. The molecule has 1 amide bonds. The summed E-state index contributed by atoms with van der Waals surface area (Å²) in [6.07, 6.45) is 2.33. The minimum absolute atomic E-state index is 0.0295. The van der Waals surface area contributed by atoms with Crippen LogP contribution in [0, 0.1) is 6.92 Å². The van der Waals surface area contributed by atoms with Crippen molar-refractivity contribution in [3.05, 3.63) is 70.7 Å². The molecule has 31 heavy (non-hydrogen) atoms. The molecule has 5 nitrogen and oxygen atoms in total. The molecule has 0 N–H and O–H groups in total. The van der Waals surface area contributed by atoms with E-state index in [0.717, 1.165) is 41.8 Å². The molecule has 1 atom stereocenters. The number of carbonyl (C=O) groups is 1. The summed E-state index contributed by atoms with van der Waals surface area (Å²) in [6.45, 7) is 8.15. The van der Waals surface area contributed by atoms with Crippen LogP contribution in [0.4, 0.5) is 10.8 Å². The van der Waals surface area contributed by atoms with E-state index in [0.29, 0.717) is 12.6 Å². The minimum Gasteiger partial charge on any atom is -0.494 e. The first-order valence-corrected chi connectivity index (χ1v) is 11.7. The fraction of sp³-hybridized carbons (Fsp3) is 0.360. The lowest BCUT2D eigenvalue weighted by molar-refractivity contribution is -0.115. The molecule has 0 saturated carbocycles. The normalized spacial score (nSPS) is 16.4. The van der Waals surface area contributed by atoms with Crippen molar-refractivity contribution in [3.63, 3.8) is 0 Å². The first kappa shape index (κ1) is 21.5. The maximum Gasteiger partial charge on any atom is 0.230 e. The van der Waals surface area contributed by atoms with E-state index in [4.69, 9.17) is 9.72 Å². The molecule has 1 unspecified atom stereocenters. The maximum atomic E-state index is 12.4. The van der Waals surface area contributed by atoms with Gasteiger partial charge < -0.3 is 4.74 Å². The third-order valence-corrected chi connectivity index (χ3v) is 6.52. The summed E-state index contributed by atoms with van der Waals surface area (Å²) >= 11 is 1.52. The zero-order valence-corrected chi connectivity index (χ0v) is 19.2. The second kappa shape index (κ2) is 9.62. The number of aromatic nitrogens is 1. The second-order valence-corrected chi connectivity index (χ2v) is 8.78. The van der Waals surface area contributed by atoms with Gasteiger partial charge in [0, 0.05) is 24.9 Å². The van der Waals surface area contributed by atoms with Gasteiger partial charge in [0.05, 0.1) is 18.0 Å². The number of aryl methyl sites for hydroxylation is 1. The Hall–Kier alpha value is -2.70. The van der Waals surface area contributed by atoms with Gasteiger partial charge in [0.25, 0.3) is 0 Å². The summed E-state index contributed by atoms with van der Waals surface area (Å²) in [7, 11) is 0. The van der Waals surface area contributed by atoms with Gasteiger partial charge in [-0.15, -0.1) is 11.3 Å². The molecule has 0 radical (unpaired) electrons. The number of nitrogens with zero attached hydrogens (tertiary/aromatic N) is 3. The molecule has 4 rings (SSSR count). The number of amides is 1. The first-order valence-electron chi connectivity index (χ1n) is 10.8.